The molecule has 1 aliphatic carbocycles. The van der Waals surface area contributed by atoms with Crippen LogP contribution in [-0.2, 0) is 9.59 Å². The second-order valence-corrected chi connectivity index (χ2v) is 6.81. The molecule has 2 rings (SSSR count). The standard InChI is InChI=1S/C16H25ClN2O2/c1-12(2)11-13-14(20)19(10-6-9-17)16(15(21)18-13)7-4-3-5-8-16/h6,9,12-13H,3-5,7-8,10-11H2,1-2H3,(H,18,21)/b9-6+. The molecule has 0 aromatic heterocycles. The van der Waals surface area contributed by atoms with E-state index in [9.17, 15) is 9.59 Å². The van der Waals surface area contributed by atoms with E-state index in [4.69, 9.17) is 11.6 Å². The third kappa shape index (κ3) is 3.25. The summed E-state index contributed by atoms with van der Waals surface area (Å²) in [5, 5.41) is 2.98. The van der Waals surface area contributed by atoms with Crippen molar-refractivity contribution in [3.63, 3.8) is 0 Å². The Bertz CT molecular complexity index is 428. The molecular weight excluding hydrogens is 288 g/mol. The summed E-state index contributed by atoms with van der Waals surface area (Å²) in [6, 6.07) is -0.395. The van der Waals surface area contributed by atoms with Crippen LogP contribution in [0, 0.1) is 5.92 Å². The maximum absolute atomic E-state index is 12.8. The Hall–Kier alpha value is -1.03. The van der Waals surface area contributed by atoms with Gasteiger partial charge < -0.3 is 10.2 Å². The lowest BCUT2D eigenvalue weighted by Gasteiger charge is -2.50. The number of nitrogens with one attached hydrogen (secondary N) is 1. The van der Waals surface area contributed by atoms with Gasteiger partial charge >= 0.3 is 0 Å². The SMILES string of the molecule is CC(C)CC1NC(=O)C2(CCCCC2)N(C/C=C/Cl)C1=O. The summed E-state index contributed by atoms with van der Waals surface area (Å²) < 4.78 is 0. The second kappa shape index (κ2) is 6.82. The third-order valence-corrected chi connectivity index (χ3v) is 4.75. The minimum Gasteiger partial charge on any atom is -0.342 e. The molecule has 1 N–H and O–H groups in total. The number of piperazine rings is 1. The number of halogens is 1. The summed E-state index contributed by atoms with van der Waals surface area (Å²) in [6.07, 6.45) is 7.08. The number of hydrogen-bond donors (Lipinski definition) is 1. The summed E-state index contributed by atoms with van der Waals surface area (Å²) in [5.74, 6) is 0.431. The van der Waals surface area contributed by atoms with E-state index >= 15 is 0 Å². The zero-order valence-corrected chi connectivity index (χ0v) is 13.7. The van der Waals surface area contributed by atoms with Crippen molar-refractivity contribution in [2.75, 3.05) is 6.54 Å². The number of nitrogens with zero attached hydrogens (tertiary/aromatic N) is 1. The van der Waals surface area contributed by atoms with E-state index in [2.05, 4.69) is 19.2 Å². The zero-order valence-electron chi connectivity index (χ0n) is 12.9. The van der Waals surface area contributed by atoms with Crippen LogP contribution >= 0.6 is 11.6 Å². The summed E-state index contributed by atoms with van der Waals surface area (Å²) >= 11 is 5.63. The Kier molecular flexibility index (Phi) is 5.31. The molecule has 1 spiro atoms. The van der Waals surface area contributed by atoms with Gasteiger partial charge in [-0.3, -0.25) is 9.59 Å². The molecule has 2 amide bonds. The quantitative estimate of drug-likeness (QED) is 0.868. The second-order valence-electron chi connectivity index (χ2n) is 6.56. The first-order valence-electron chi connectivity index (χ1n) is 7.89. The highest BCUT2D eigenvalue weighted by Gasteiger charge is 2.52. The number of rotatable bonds is 4. The van der Waals surface area contributed by atoms with Crippen LogP contribution in [0.2, 0.25) is 0 Å². The van der Waals surface area contributed by atoms with Gasteiger partial charge in [0.05, 0.1) is 0 Å². The molecule has 1 heterocycles. The fourth-order valence-corrected chi connectivity index (χ4v) is 3.63. The normalized spacial score (nSPS) is 25.9. The monoisotopic (exact) mass is 312 g/mol. The van der Waals surface area contributed by atoms with Crippen molar-refractivity contribution in [2.24, 2.45) is 5.92 Å². The molecule has 1 atom stereocenters. The first kappa shape index (κ1) is 16.3. The Morgan fingerprint density at radius 1 is 1.33 bits per heavy atom. The van der Waals surface area contributed by atoms with Crippen molar-refractivity contribution in [3.8, 4) is 0 Å². The third-order valence-electron chi connectivity index (χ3n) is 4.57. The summed E-state index contributed by atoms with van der Waals surface area (Å²) in [7, 11) is 0. The van der Waals surface area contributed by atoms with Crippen molar-refractivity contribution in [2.45, 2.75) is 64.0 Å². The first-order valence-corrected chi connectivity index (χ1v) is 8.32. The zero-order chi connectivity index (χ0) is 15.5. The van der Waals surface area contributed by atoms with Gasteiger partial charge in [-0.15, -0.1) is 0 Å². The van der Waals surface area contributed by atoms with E-state index in [1.165, 1.54) is 5.54 Å². The van der Waals surface area contributed by atoms with E-state index in [-0.39, 0.29) is 11.8 Å². The molecule has 5 heteroatoms. The topological polar surface area (TPSA) is 49.4 Å². The van der Waals surface area contributed by atoms with Crippen molar-refractivity contribution in [1.29, 1.82) is 0 Å². The summed E-state index contributed by atoms with van der Waals surface area (Å²) in [4.78, 5) is 27.3. The number of amides is 2. The summed E-state index contributed by atoms with van der Waals surface area (Å²) in [5.41, 5.74) is 0.771. The van der Waals surface area contributed by atoms with Gasteiger partial charge in [0, 0.05) is 12.1 Å². The minimum atomic E-state index is -0.654. The maximum Gasteiger partial charge on any atom is 0.246 e. The molecule has 0 bridgehead atoms. The highest BCUT2D eigenvalue weighted by molar-refractivity contribution is 6.25. The average Bonchev–Trinajstić information content (AvgIpc) is 2.45. The lowest BCUT2D eigenvalue weighted by atomic mass is 9.77. The van der Waals surface area contributed by atoms with Crippen LogP contribution in [0.25, 0.3) is 0 Å². The molecule has 1 aliphatic heterocycles. The number of carbonyl (C=O) groups is 2. The fraction of sp³-hybridized carbons (Fsp3) is 0.750. The molecule has 2 fully saturated rings. The lowest BCUT2D eigenvalue weighted by molar-refractivity contribution is -0.159. The summed E-state index contributed by atoms with van der Waals surface area (Å²) in [6.45, 7) is 4.55. The van der Waals surface area contributed by atoms with Gasteiger partial charge in [-0.25, -0.2) is 0 Å². The number of carbonyl (C=O) groups excluding carboxylic acids is 2. The van der Waals surface area contributed by atoms with Crippen LogP contribution in [0.1, 0.15) is 52.4 Å². The molecule has 0 radical (unpaired) electrons. The molecule has 21 heavy (non-hydrogen) atoms. The van der Waals surface area contributed by atoms with E-state index in [1.54, 1.807) is 11.0 Å². The van der Waals surface area contributed by atoms with Crippen LogP contribution in [0.5, 0.6) is 0 Å². The van der Waals surface area contributed by atoms with Crippen LogP contribution in [0.3, 0.4) is 0 Å². The Balaban J connectivity index is 2.28. The Morgan fingerprint density at radius 2 is 2.00 bits per heavy atom. The van der Waals surface area contributed by atoms with Crippen molar-refractivity contribution in [1.82, 2.24) is 10.2 Å². The molecule has 0 aromatic carbocycles. The van der Waals surface area contributed by atoms with Gasteiger partial charge in [0.25, 0.3) is 0 Å². The molecule has 2 aliphatic rings. The van der Waals surface area contributed by atoms with Gasteiger partial charge in [0.2, 0.25) is 11.8 Å². The highest BCUT2D eigenvalue weighted by Crippen LogP contribution is 2.37. The van der Waals surface area contributed by atoms with Crippen LogP contribution in [0.4, 0.5) is 0 Å². The lowest BCUT2D eigenvalue weighted by Crippen LogP contribution is -2.71. The van der Waals surface area contributed by atoms with E-state index in [1.807, 2.05) is 0 Å². The highest BCUT2D eigenvalue weighted by atomic mass is 35.5. The molecule has 1 saturated heterocycles. The molecular formula is C16H25ClN2O2. The van der Waals surface area contributed by atoms with Gasteiger partial charge in [-0.1, -0.05) is 50.8 Å². The average molecular weight is 313 g/mol. The Labute approximate surface area is 131 Å². The van der Waals surface area contributed by atoms with Gasteiger partial charge in [-0.05, 0) is 25.2 Å². The van der Waals surface area contributed by atoms with Crippen molar-refractivity contribution < 1.29 is 9.59 Å². The van der Waals surface area contributed by atoms with E-state index < -0.39 is 11.6 Å². The van der Waals surface area contributed by atoms with Crippen LogP contribution in [0.15, 0.2) is 11.6 Å². The minimum absolute atomic E-state index is 0.0235. The van der Waals surface area contributed by atoms with Crippen LogP contribution < -0.4 is 5.32 Å². The van der Waals surface area contributed by atoms with Gasteiger partial charge in [-0.2, -0.15) is 0 Å². The molecule has 118 valence electrons. The molecule has 4 nitrogen and oxygen atoms in total. The Morgan fingerprint density at radius 3 is 2.57 bits per heavy atom. The van der Waals surface area contributed by atoms with Gasteiger partial charge in [0.1, 0.15) is 11.6 Å². The largest absolute Gasteiger partial charge is 0.342 e. The molecule has 0 aromatic rings. The maximum atomic E-state index is 12.8. The van der Waals surface area contributed by atoms with Crippen LogP contribution in [-0.4, -0.2) is 34.8 Å². The van der Waals surface area contributed by atoms with E-state index in [0.717, 1.165) is 32.1 Å². The first-order chi connectivity index (χ1) is 10.0. The van der Waals surface area contributed by atoms with E-state index in [0.29, 0.717) is 18.9 Å². The van der Waals surface area contributed by atoms with Gasteiger partial charge in [0.15, 0.2) is 0 Å². The number of hydrogen-bond acceptors (Lipinski definition) is 2. The molecule has 1 saturated carbocycles. The fourth-order valence-electron chi connectivity index (χ4n) is 3.55. The smallest absolute Gasteiger partial charge is 0.246 e. The molecule has 1 unspecified atom stereocenters. The van der Waals surface area contributed by atoms with Crippen molar-refractivity contribution in [3.05, 3.63) is 11.6 Å². The predicted octanol–water partition coefficient (Wildman–Crippen LogP) is 2.81. The predicted molar refractivity (Wildman–Crippen MR) is 83.9 cm³/mol. The van der Waals surface area contributed by atoms with Crippen molar-refractivity contribution >= 4 is 23.4 Å².